The second-order valence-electron chi connectivity index (χ2n) is 2.59. The number of ether oxygens (including phenoxy) is 2. The number of hydrogen-bond donors (Lipinski definition) is 0. The van der Waals surface area contributed by atoms with Crippen molar-refractivity contribution in [2.24, 2.45) is 5.92 Å². The molecule has 0 aromatic heterocycles. The molecular weight excluding hydrogens is 116 g/mol. The SMILES string of the molecule is [CH2]C1CC(OC)(OC)C1. The number of rotatable bonds is 2. The van der Waals surface area contributed by atoms with Crippen molar-refractivity contribution in [3.8, 4) is 0 Å². The van der Waals surface area contributed by atoms with Crippen LogP contribution < -0.4 is 0 Å². The highest BCUT2D eigenvalue weighted by molar-refractivity contribution is 4.89. The monoisotopic (exact) mass is 129 g/mol. The van der Waals surface area contributed by atoms with E-state index in [1.807, 2.05) is 0 Å². The van der Waals surface area contributed by atoms with E-state index >= 15 is 0 Å². The first kappa shape index (κ1) is 7.03. The van der Waals surface area contributed by atoms with Crippen LogP contribution in [0.3, 0.4) is 0 Å². The van der Waals surface area contributed by atoms with Gasteiger partial charge in [-0.2, -0.15) is 0 Å². The van der Waals surface area contributed by atoms with E-state index in [-0.39, 0.29) is 5.79 Å². The van der Waals surface area contributed by atoms with Gasteiger partial charge in [0.25, 0.3) is 0 Å². The molecule has 0 amide bonds. The minimum atomic E-state index is -0.285. The van der Waals surface area contributed by atoms with Crippen molar-refractivity contribution in [3.63, 3.8) is 0 Å². The van der Waals surface area contributed by atoms with Gasteiger partial charge in [0.2, 0.25) is 0 Å². The molecule has 2 nitrogen and oxygen atoms in total. The fourth-order valence-electron chi connectivity index (χ4n) is 1.24. The van der Waals surface area contributed by atoms with Crippen LogP contribution in [-0.2, 0) is 9.47 Å². The summed E-state index contributed by atoms with van der Waals surface area (Å²) < 4.78 is 10.3. The van der Waals surface area contributed by atoms with Crippen molar-refractivity contribution < 1.29 is 9.47 Å². The Bertz CT molecular complexity index is 89.1. The van der Waals surface area contributed by atoms with Gasteiger partial charge in [-0.15, -0.1) is 0 Å². The lowest BCUT2D eigenvalue weighted by atomic mass is 9.80. The van der Waals surface area contributed by atoms with E-state index < -0.39 is 0 Å². The molecule has 0 aromatic rings. The Hall–Kier alpha value is -0.0800. The third kappa shape index (κ3) is 1.10. The Balaban J connectivity index is 2.36. The summed E-state index contributed by atoms with van der Waals surface area (Å²) in [6.45, 7) is 3.87. The fourth-order valence-corrected chi connectivity index (χ4v) is 1.24. The van der Waals surface area contributed by atoms with Gasteiger partial charge in [0.1, 0.15) is 0 Å². The highest BCUT2D eigenvalue weighted by Gasteiger charge is 2.42. The summed E-state index contributed by atoms with van der Waals surface area (Å²) in [5.41, 5.74) is 0. The van der Waals surface area contributed by atoms with Crippen molar-refractivity contribution in [3.05, 3.63) is 6.92 Å². The first-order chi connectivity index (χ1) is 4.22. The zero-order chi connectivity index (χ0) is 6.91. The van der Waals surface area contributed by atoms with Crippen molar-refractivity contribution in [2.45, 2.75) is 18.6 Å². The molecule has 0 heterocycles. The molecule has 0 atom stereocenters. The second-order valence-corrected chi connectivity index (χ2v) is 2.59. The number of methoxy groups -OCH3 is 2. The standard InChI is InChI=1S/C7H13O2/c1-6-4-7(5-6,8-2)9-3/h6H,1,4-5H2,2-3H3. The van der Waals surface area contributed by atoms with Crippen LogP contribution >= 0.6 is 0 Å². The maximum absolute atomic E-state index is 5.13. The summed E-state index contributed by atoms with van der Waals surface area (Å²) >= 11 is 0. The Morgan fingerprint density at radius 1 is 1.33 bits per heavy atom. The summed E-state index contributed by atoms with van der Waals surface area (Å²) in [4.78, 5) is 0. The van der Waals surface area contributed by atoms with Crippen LogP contribution in [0.25, 0.3) is 0 Å². The molecule has 1 aliphatic rings. The molecule has 0 aliphatic heterocycles. The summed E-state index contributed by atoms with van der Waals surface area (Å²) in [5.74, 6) is 0.233. The van der Waals surface area contributed by atoms with E-state index in [0.29, 0.717) is 5.92 Å². The van der Waals surface area contributed by atoms with Gasteiger partial charge in [-0.1, -0.05) is 0 Å². The quantitative estimate of drug-likeness (QED) is 0.522. The Kier molecular flexibility index (Phi) is 1.78. The average Bonchev–Trinajstić information content (AvgIpc) is 1.81. The zero-order valence-corrected chi connectivity index (χ0v) is 6.02. The highest BCUT2D eigenvalue weighted by Crippen LogP contribution is 2.39. The molecule has 1 rings (SSSR count). The van der Waals surface area contributed by atoms with Gasteiger partial charge in [-0.25, -0.2) is 0 Å². The molecule has 0 spiro atoms. The molecule has 2 heteroatoms. The molecule has 1 fully saturated rings. The van der Waals surface area contributed by atoms with Crippen molar-refractivity contribution in [1.29, 1.82) is 0 Å². The Morgan fingerprint density at radius 2 is 1.78 bits per heavy atom. The number of hydrogen-bond acceptors (Lipinski definition) is 2. The zero-order valence-electron chi connectivity index (χ0n) is 6.02. The van der Waals surface area contributed by atoms with Gasteiger partial charge >= 0.3 is 0 Å². The van der Waals surface area contributed by atoms with Crippen LogP contribution in [0.4, 0.5) is 0 Å². The van der Waals surface area contributed by atoms with Gasteiger partial charge in [0.15, 0.2) is 5.79 Å². The lowest BCUT2D eigenvalue weighted by Gasteiger charge is -2.43. The van der Waals surface area contributed by atoms with Gasteiger partial charge in [0, 0.05) is 27.1 Å². The first-order valence-corrected chi connectivity index (χ1v) is 3.16. The molecule has 1 saturated carbocycles. The summed E-state index contributed by atoms with van der Waals surface area (Å²) in [7, 11) is 3.35. The largest absolute Gasteiger partial charge is 0.353 e. The lowest BCUT2D eigenvalue weighted by molar-refractivity contribution is -0.263. The van der Waals surface area contributed by atoms with Gasteiger partial charge in [-0.3, -0.25) is 0 Å². The molecule has 0 bridgehead atoms. The topological polar surface area (TPSA) is 18.5 Å². The van der Waals surface area contributed by atoms with Gasteiger partial charge < -0.3 is 9.47 Å². The molecular formula is C7H13O2. The van der Waals surface area contributed by atoms with Crippen molar-refractivity contribution in [2.75, 3.05) is 14.2 Å². The van der Waals surface area contributed by atoms with Crippen LogP contribution in [-0.4, -0.2) is 20.0 Å². The van der Waals surface area contributed by atoms with Gasteiger partial charge in [-0.05, 0) is 12.8 Å². The van der Waals surface area contributed by atoms with Gasteiger partial charge in [0.05, 0.1) is 0 Å². The predicted octanol–water partition coefficient (Wildman–Crippen LogP) is 1.22. The smallest absolute Gasteiger partial charge is 0.168 e. The summed E-state index contributed by atoms with van der Waals surface area (Å²) in [5, 5.41) is 0. The fraction of sp³-hybridized carbons (Fsp3) is 0.857. The normalized spacial score (nSPS) is 25.7. The van der Waals surface area contributed by atoms with E-state index in [1.54, 1.807) is 14.2 Å². The molecule has 0 saturated heterocycles. The van der Waals surface area contributed by atoms with Crippen LogP contribution in [0.5, 0.6) is 0 Å². The molecule has 0 aromatic carbocycles. The van der Waals surface area contributed by atoms with Crippen LogP contribution in [0, 0.1) is 12.8 Å². The maximum Gasteiger partial charge on any atom is 0.168 e. The molecule has 1 aliphatic carbocycles. The molecule has 0 N–H and O–H groups in total. The highest BCUT2D eigenvalue weighted by atomic mass is 16.7. The first-order valence-electron chi connectivity index (χ1n) is 3.16. The van der Waals surface area contributed by atoms with E-state index in [9.17, 15) is 0 Å². The Labute approximate surface area is 56.2 Å². The molecule has 1 radical (unpaired) electrons. The van der Waals surface area contributed by atoms with Crippen LogP contribution in [0.1, 0.15) is 12.8 Å². The van der Waals surface area contributed by atoms with E-state index in [2.05, 4.69) is 6.92 Å². The predicted molar refractivity (Wildman–Crippen MR) is 34.8 cm³/mol. The van der Waals surface area contributed by atoms with Crippen molar-refractivity contribution in [1.82, 2.24) is 0 Å². The van der Waals surface area contributed by atoms with Crippen LogP contribution in [0.2, 0.25) is 0 Å². The van der Waals surface area contributed by atoms with Crippen molar-refractivity contribution >= 4 is 0 Å². The molecule has 0 unspecified atom stereocenters. The lowest BCUT2D eigenvalue weighted by Crippen LogP contribution is -2.46. The summed E-state index contributed by atoms with van der Waals surface area (Å²) in [6, 6.07) is 0. The molecule has 53 valence electrons. The molecule has 9 heavy (non-hydrogen) atoms. The Morgan fingerprint density at radius 3 is 1.89 bits per heavy atom. The van der Waals surface area contributed by atoms with E-state index in [4.69, 9.17) is 9.47 Å². The van der Waals surface area contributed by atoms with E-state index in [1.165, 1.54) is 0 Å². The maximum atomic E-state index is 5.13. The third-order valence-corrected chi connectivity index (χ3v) is 1.94. The third-order valence-electron chi connectivity index (χ3n) is 1.94. The minimum absolute atomic E-state index is 0.285. The average molecular weight is 129 g/mol. The second kappa shape index (κ2) is 2.27. The van der Waals surface area contributed by atoms with E-state index in [0.717, 1.165) is 12.8 Å². The minimum Gasteiger partial charge on any atom is -0.353 e. The summed E-state index contributed by atoms with van der Waals surface area (Å²) in [6.07, 6.45) is 1.86. The van der Waals surface area contributed by atoms with Crippen LogP contribution in [0.15, 0.2) is 0 Å².